The number of benzene rings is 1. The first-order valence-electron chi connectivity index (χ1n) is 6.12. The van der Waals surface area contributed by atoms with Crippen molar-refractivity contribution in [1.82, 2.24) is 5.32 Å². The molecule has 1 aromatic rings. The normalized spacial score (nSPS) is 10.6. The van der Waals surface area contributed by atoms with E-state index in [-0.39, 0.29) is 25.7 Å². The molecule has 0 aromatic heterocycles. The average molecular weight is 358 g/mol. The molecule has 21 heavy (non-hydrogen) atoms. The molecule has 7 heteroatoms. The third-order valence-electron chi connectivity index (χ3n) is 2.38. The summed E-state index contributed by atoms with van der Waals surface area (Å²) in [4.78, 5) is 21.8. The molecule has 0 unspecified atom stereocenters. The lowest BCUT2D eigenvalue weighted by Crippen LogP contribution is -2.26. The maximum atomic E-state index is 11.6. The molecule has 0 fully saturated rings. The average Bonchev–Trinajstić information content (AvgIpc) is 2.44. The van der Waals surface area contributed by atoms with Gasteiger partial charge >= 0.3 is 5.97 Å². The molecular formula is C14H16BrNO5. The Morgan fingerprint density at radius 1 is 1.43 bits per heavy atom. The van der Waals surface area contributed by atoms with E-state index in [0.29, 0.717) is 5.75 Å². The van der Waals surface area contributed by atoms with Gasteiger partial charge in [-0.3, -0.25) is 4.79 Å². The van der Waals surface area contributed by atoms with Gasteiger partial charge < -0.3 is 19.9 Å². The highest BCUT2D eigenvalue weighted by atomic mass is 79.9. The van der Waals surface area contributed by atoms with Crippen LogP contribution in [0.4, 0.5) is 0 Å². The standard InChI is InChI=1S/C14H16BrNO5/c1-20-12-4-3-11(15)8-10(12)2-5-13(17)16-6-7-21-9-14(18)19/h2-5,8H,6-7,9H2,1H3,(H,16,17)(H,18,19). The van der Waals surface area contributed by atoms with Crippen molar-refractivity contribution in [3.63, 3.8) is 0 Å². The summed E-state index contributed by atoms with van der Waals surface area (Å²) in [7, 11) is 1.56. The van der Waals surface area contributed by atoms with Crippen LogP contribution >= 0.6 is 15.9 Å². The van der Waals surface area contributed by atoms with Crippen LogP contribution in [0.3, 0.4) is 0 Å². The van der Waals surface area contributed by atoms with Crippen molar-refractivity contribution < 1.29 is 24.2 Å². The van der Waals surface area contributed by atoms with Crippen LogP contribution in [-0.2, 0) is 14.3 Å². The van der Waals surface area contributed by atoms with Gasteiger partial charge in [0.05, 0.1) is 13.7 Å². The summed E-state index contributed by atoms with van der Waals surface area (Å²) >= 11 is 3.35. The van der Waals surface area contributed by atoms with Gasteiger partial charge in [0.25, 0.3) is 0 Å². The number of carboxylic acid groups (broad SMARTS) is 1. The monoisotopic (exact) mass is 357 g/mol. The molecule has 0 aliphatic heterocycles. The molecule has 0 aliphatic carbocycles. The fourth-order valence-corrected chi connectivity index (χ4v) is 1.84. The molecule has 2 N–H and O–H groups in total. The van der Waals surface area contributed by atoms with Crippen LogP contribution < -0.4 is 10.1 Å². The van der Waals surface area contributed by atoms with Crippen LogP contribution in [0.1, 0.15) is 5.56 Å². The summed E-state index contributed by atoms with van der Waals surface area (Å²) < 4.78 is 10.9. The Labute approximate surface area is 130 Å². The van der Waals surface area contributed by atoms with E-state index in [0.717, 1.165) is 10.0 Å². The van der Waals surface area contributed by atoms with E-state index in [1.54, 1.807) is 19.3 Å². The van der Waals surface area contributed by atoms with Crippen molar-refractivity contribution >= 4 is 33.9 Å². The maximum Gasteiger partial charge on any atom is 0.329 e. The predicted octanol–water partition coefficient (Wildman–Crippen LogP) is 1.69. The van der Waals surface area contributed by atoms with E-state index in [4.69, 9.17) is 14.6 Å². The first-order valence-corrected chi connectivity index (χ1v) is 6.91. The lowest BCUT2D eigenvalue weighted by atomic mass is 10.2. The molecule has 0 atom stereocenters. The number of hydrogen-bond acceptors (Lipinski definition) is 4. The number of carbonyl (C=O) groups is 2. The lowest BCUT2D eigenvalue weighted by Gasteiger charge is -2.05. The number of amides is 1. The number of hydrogen-bond donors (Lipinski definition) is 2. The Kier molecular flexibility index (Phi) is 7.49. The Morgan fingerprint density at radius 2 is 2.19 bits per heavy atom. The van der Waals surface area contributed by atoms with Crippen molar-refractivity contribution in [2.45, 2.75) is 0 Å². The van der Waals surface area contributed by atoms with E-state index in [1.807, 2.05) is 12.1 Å². The van der Waals surface area contributed by atoms with E-state index < -0.39 is 5.97 Å². The highest BCUT2D eigenvalue weighted by Gasteiger charge is 2.02. The molecule has 1 amide bonds. The minimum atomic E-state index is -1.04. The van der Waals surface area contributed by atoms with Gasteiger partial charge in [0.15, 0.2) is 0 Å². The Morgan fingerprint density at radius 3 is 2.86 bits per heavy atom. The molecule has 0 saturated heterocycles. The number of carboxylic acids is 1. The van der Waals surface area contributed by atoms with Crippen molar-refractivity contribution in [2.75, 3.05) is 26.9 Å². The second-order valence-electron chi connectivity index (χ2n) is 3.96. The smallest absolute Gasteiger partial charge is 0.329 e. The molecule has 0 heterocycles. The summed E-state index contributed by atoms with van der Waals surface area (Å²) in [5, 5.41) is 10.9. The topological polar surface area (TPSA) is 84.9 Å². The molecule has 0 radical (unpaired) electrons. The summed E-state index contributed by atoms with van der Waals surface area (Å²) in [6.45, 7) is 0.0130. The number of methoxy groups -OCH3 is 1. The van der Waals surface area contributed by atoms with Gasteiger partial charge in [-0.25, -0.2) is 4.79 Å². The van der Waals surface area contributed by atoms with Crippen molar-refractivity contribution in [2.24, 2.45) is 0 Å². The zero-order valence-corrected chi connectivity index (χ0v) is 13.1. The van der Waals surface area contributed by atoms with Crippen LogP contribution in [0, 0.1) is 0 Å². The van der Waals surface area contributed by atoms with E-state index in [9.17, 15) is 9.59 Å². The zero-order chi connectivity index (χ0) is 15.7. The van der Waals surface area contributed by atoms with Gasteiger partial charge in [0, 0.05) is 22.7 Å². The van der Waals surface area contributed by atoms with Crippen LogP contribution in [0.15, 0.2) is 28.7 Å². The first kappa shape index (κ1) is 17.2. The summed E-state index contributed by atoms with van der Waals surface area (Å²) in [5.74, 6) is -0.675. The summed E-state index contributed by atoms with van der Waals surface area (Å²) in [5.41, 5.74) is 0.768. The van der Waals surface area contributed by atoms with Gasteiger partial charge in [0.1, 0.15) is 12.4 Å². The van der Waals surface area contributed by atoms with Gasteiger partial charge in [-0.15, -0.1) is 0 Å². The highest BCUT2D eigenvalue weighted by molar-refractivity contribution is 9.10. The van der Waals surface area contributed by atoms with E-state index in [2.05, 4.69) is 21.2 Å². The molecule has 0 saturated carbocycles. The SMILES string of the molecule is COc1ccc(Br)cc1C=CC(=O)NCCOCC(=O)O. The highest BCUT2D eigenvalue weighted by Crippen LogP contribution is 2.23. The fourth-order valence-electron chi connectivity index (χ4n) is 1.47. The maximum absolute atomic E-state index is 11.6. The fraction of sp³-hybridized carbons (Fsp3) is 0.286. The number of rotatable bonds is 8. The van der Waals surface area contributed by atoms with Crippen LogP contribution in [0.25, 0.3) is 6.08 Å². The number of carbonyl (C=O) groups excluding carboxylic acids is 1. The summed E-state index contributed by atoms with van der Waals surface area (Å²) in [6, 6.07) is 5.47. The number of halogens is 1. The summed E-state index contributed by atoms with van der Waals surface area (Å²) in [6.07, 6.45) is 3.01. The third-order valence-corrected chi connectivity index (χ3v) is 2.87. The second kappa shape index (κ2) is 9.15. The Balaban J connectivity index is 2.43. The predicted molar refractivity (Wildman–Crippen MR) is 81.2 cm³/mol. The molecule has 1 aromatic carbocycles. The van der Waals surface area contributed by atoms with Crippen LogP contribution in [0.2, 0.25) is 0 Å². The number of ether oxygens (including phenoxy) is 2. The van der Waals surface area contributed by atoms with Crippen molar-refractivity contribution in [1.29, 1.82) is 0 Å². The lowest BCUT2D eigenvalue weighted by molar-refractivity contribution is -0.142. The van der Waals surface area contributed by atoms with Gasteiger partial charge in [-0.2, -0.15) is 0 Å². The van der Waals surface area contributed by atoms with Crippen LogP contribution in [0.5, 0.6) is 5.75 Å². The van der Waals surface area contributed by atoms with Crippen molar-refractivity contribution in [3.8, 4) is 5.75 Å². The van der Waals surface area contributed by atoms with Crippen molar-refractivity contribution in [3.05, 3.63) is 34.3 Å². The number of nitrogens with one attached hydrogen (secondary N) is 1. The van der Waals surface area contributed by atoms with Crippen LogP contribution in [-0.4, -0.2) is 43.9 Å². The molecule has 0 aliphatic rings. The quantitative estimate of drug-likeness (QED) is 0.546. The second-order valence-corrected chi connectivity index (χ2v) is 4.87. The molecule has 0 spiro atoms. The minimum absolute atomic E-state index is 0.145. The van der Waals surface area contributed by atoms with E-state index in [1.165, 1.54) is 6.08 Å². The van der Waals surface area contributed by atoms with Gasteiger partial charge in [-0.05, 0) is 24.3 Å². The molecule has 0 bridgehead atoms. The van der Waals surface area contributed by atoms with Gasteiger partial charge in [-0.1, -0.05) is 15.9 Å². The number of aliphatic carboxylic acids is 1. The largest absolute Gasteiger partial charge is 0.496 e. The first-order chi connectivity index (χ1) is 10.0. The third kappa shape index (κ3) is 6.92. The minimum Gasteiger partial charge on any atom is -0.496 e. The zero-order valence-electron chi connectivity index (χ0n) is 11.5. The van der Waals surface area contributed by atoms with Gasteiger partial charge in [0.2, 0.25) is 5.91 Å². The Hall–Kier alpha value is -1.86. The molecular weight excluding hydrogens is 342 g/mol. The Bertz CT molecular complexity index is 530. The molecule has 1 rings (SSSR count). The molecule has 114 valence electrons. The van der Waals surface area contributed by atoms with E-state index >= 15 is 0 Å². The molecule has 6 nitrogen and oxygen atoms in total.